The molecule has 0 saturated carbocycles. The van der Waals surface area contributed by atoms with Crippen molar-refractivity contribution in [3.05, 3.63) is 84.4 Å². The van der Waals surface area contributed by atoms with Gasteiger partial charge in [-0.25, -0.2) is 0 Å². The van der Waals surface area contributed by atoms with Crippen molar-refractivity contribution in [3.8, 4) is 28.3 Å². The van der Waals surface area contributed by atoms with Gasteiger partial charge in [0.25, 0.3) is 0 Å². The summed E-state index contributed by atoms with van der Waals surface area (Å²) in [5.41, 5.74) is 4.38. The topological polar surface area (TPSA) is 63.7 Å². The van der Waals surface area contributed by atoms with Gasteiger partial charge < -0.3 is 4.74 Å². The van der Waals surface area contributed by atoms with Crippen LogP contribution in [0.15, 0.2) is 78.9 Å². The zero-order valence-corrected chi connectivity index (χ0v) is 13.5. The average Bonchev–Trinajstić information content (AvgIpc) is 3.23. The summed E-state index contributed by atoms with van der Waals surface area (Å²) < 4.78 is 5.86. The average molecular weight is 328 g/mol. The number of aromatic nitrogens is 4. The lowest BCUT2D eigenvalue weighted by atomic mass is 10.1. The fourth-order valence-electron chi connectivity index (χ4n) is 2.58. The van der Waals surface area contributed by atoms with E-state index in [0.717, 1.165) is 16.9 Å². The zero-order valence-electron chi connectivity index (χ0n) is 13.5. The normalized spacial score (nSPS) is 10.6. The predicted octanol–water partition coefficient (Wildman–Crippen LogP) is 4.11. The molecular formula is C20H16N4O. The van der Waals surface area contributed by atoms with E-state index in [-0.39, 0.29) is 0 Å². The Morgan fingerprint density at radius 3 is 2.08 bits per heavy atom. The molecule has 0 aliphatic carbocycles. The van der Waals surface area contributed by atoms with Crippen LogP contribution in [0.1, 0.15) is 5.56 Å². The number of nitrogens with one attached hydrogen (secondary N) is 1. The number of H-pyrrole nitrogens is 1. The number of hydrogen-bond donors (Lipinski definition) is 1. The summed E-state index contributed by atoms with van der Waals surface area (Å²) in [5, 5.41) is 13.9. The molecule has 5 heteroatoms. The largest absolute Gasteiger partial charge is 0.489 e. The van der Waals surface area contributed by atoms with E-state index >= 15 is 0 Å². The van der Waals surface area contributed by atoms with Crippen LogP contribution in [0.3, 0.4) is 0 Å². The van der Waals surface area contributed by atoms with Crippen LogP contribution >= 0.6 is 0 Å². The predicted molar refractivity (Wildman–Crippen MR) is 95.8 cm³/mol. The first-order chi connectivity index (χ1) is 12.4. The molecule has 0 aliphatic heterocycles. The minimum Gasteiger partial charge on any atom is -0.489 e. The lowest BCUT2D eigenvalue weighted by Gasteiger charge is -2.08. The van der Waals surface area contributed by atoms with Crippen molar-refractivity contribution in [2.45, 2.75) is 6.61 Å². The summed E-state index contributed by atoms with van der Waals surface area (Å²) in [6.07, 6.45) is 0. The smallest absolute Gasteiger partial charge is 0.204 e. The first-order valence-electron chi connectivity index (χ1n) is 7.99. The molecule has 0 radical (unpaired) electrons. The van der Waals surface area contributed by atoms with E-state index in [9.17, 15) is 0 Å². The molecule has 25 heavy (non-hydrogen) atoms. The maximum absolute atomic E-state index is 5.86. The van der Waals surface area contributed by atoms with Gasteiger partial charge in [-0.3, -0.25) is 0 Å². The Morgan fingerprint density at radius 1 is 0.720 bits per heavy atom. The number of rotatable bonds is 5. The first kappa shape index (κ1) is 15.1. The monoisotopic (exact) mass is 328 g/mol. The van der Waals surface area contributed by atoms with Gasteiger partial charge in [-0.15, -0.1) is 10.2 Å². The van der Waals surface area contributed by atoms with Crippen LogP contribution in [0.25, 0.3) is 22.5 Å². The van der Waals surface area contributed by atoms with Gasteiger partial charge in [-0.1, -0.05) is 66.7 Å². The van der Waals surface area contributed by atoms with Crippen molar-refractivity contribution < 1.29 is 4.74 Å². The second kappa shape index (κ2) is 6.97. The minimum absolute atomic E-state index is 0.511. The third-order valence-corrected chi connectivity index (χ3v) is 3.92. The van der Waals surface area contributed by atoms with Crippen LogP contribution in [0.2, 0.25) is 0 Å². The number of tetrazole rings is 1. The Morgan fingerprint density at radius 2 is 1.40 bits per heavy atom. The molecule has 3 aromatic carbocycles. The highest BCUT2D eigenvalue weighted by molar-refractivity contribution is 5.63. The summed E-state index contributed by atoms with van der Waals surface area (Å²) in [4.78, 5) is 0. The van der Waals surface area contributed by atoms with Crippen molar-refractivity contribution in [3.63, 3.8) is 0 Å². The van der Waals surface area contributed by atoms with Gasteiger partial charge in [0.2, 0.25) is 5.82 Å². The number of nitrogens with zero attached hydrogens (tertiary/aromatic N) is 3. The molecule has 1 heterocycles. The number of aromatic amines is 1. The van der Waals surface area contributed by atoms with E-state index in [0.29, 0.717) is 12.4 Å². The van der Waals surface area contributed by atoms with Crippen molar-refractivity contribution >= 4 is 0 Å². The molecule has 5 nitrogen and oxygen atoms in total. The summed E-state index contributed by atoms with van der Waals surface area (Å²) in [6.45, 7) is 0.511. The highest BCUT2D eigenvalue weighted by Gasteiger charge is 2.03. The van der Waals surface area contributed by atoms with Crippen molar-refractivity contribution in [1.82, 2.24) is 20.6 Å². The Labute approximate surface area is 145 Å². The van der Waals surface area contributed by atoms with E-state index in [1.165, 1.54) is 11.1 Å². The molecule has 0 fully saturated rings. The lowest BCUT2D eigenvalue weighted by Crippen LogP contribution is -1.95. The lowest BCUT2D eigenvalue weighted by molar-refractivity contribution is 0.306. The maximum atomic E-state index is 5.86. The third kappa shape index (κ3) is 3.55. The van der Waals surface area contributed by atoms with Crippen LogP contribution in [0.4, 0.5) is 0 Å². The molecule has 1 aromatic heterocycles. The third-order valence-electron chi connectivity index (χ3n) is 3.92. The molecule has 0 aliphatic rings. The van der Waals surface area contributed by atoms with Gasteiger partial charge in [0.05, 0.1) is 0 Å². The quantitative estimate of drug-likeness (QED) is 0.599. The molecule has 0 saturated heterocycles. The van der Waals surface area contributed by atoms with E-state index < -0.39 is 0 Å². The molecule has 0 spiro atoms. The zero-order chi connectivity index (χ0) is 16.9. The molecule has 1 N–H and O–H groups in total. The SMILES string of the molecule is c1ccc(-c2ccc(OCc3ccc(-c4nn[nH]n4)cc3)cc2)cc1. The van der Waals surface area contributed by atoms with Crippen LogP contribution < -0.4 is 4.74 Å². The molecule has 4 aromatic rings. The van der Waals surface area contributed by atoms with Crippen LogP contribution in [-0.4, -0.2) is 20.6 Å². The van der Waals surface area contributed by atoms with Crippen molar-refractivity contribution in [2.75, 3.05) is 0 Å². The van der Waals surface area contributed by atoms with Gasteiger partial charge in [0, 0.05) is 5.56 Å². The molecule has 0 bridgehead atoms. The summed E-state index contributed by atoms with van der Waals surface area (Å²) in [5.74, 6) is 1.44. The summed E-state index contributed by atoms with van der Waals surface area (Å²) >= 11 is 0. The van der Waals surface area contributed by atoms with Gasteiger partial charge >= 0.3 is 0 Å². The number of ether oxygens (including phenoxy) is 1. The molecule has 0 atom stereocenters. The molecule has 122 valence electrons. The highest BCUT2D eigenvalue weighted by atomic mass is 16.5. The molecule has 0 unspecified atom stereocenters. The second-order valence-corrected chi connectivity index (χ2v) is 5.61. The van der Waals surface area contributed by atoms with E-state index in [2.05, 4.69) is 44.9 Å². The highest BCUT2D eigenvalue weighted by Crippen LogP contribution is 2.23. The van der Waals surface area contributed by atoms with Crippen LogP contribution in [0, 0.1) is 0 Å². The summed E-state index contributed by atoms with van der Waals surface area (Å²) in [6, 6.07) is 26.4. The van der Waals surface area contributed by atoms with Crippen molar-refractivity contribution in [2.24, 2.45) is 0 Å². The first-order valence-corrected chi connectivity index (χ1v) is 7.99. The fraction of sp³-hybridized carbons (Fsp3) is 0.0500. The Balaban J connectivity index is 1.40. The van der Waals surface area contributed by atoms with Gasteiger partial charge in [0.1, 0.15) is 12.4 Å². The van der Waals surface area contributed by atoms with Crippen molar-refractivity contribution in [1.29, 1.82) is 0 Å². The van der Waals surface area contributed by atoms with Crippen LogP contribution in [0.5, 0.6) is 5.75 Å². The van der Waals surface area contributed by atoms with E-state index in [4.69, 9.17) is 4.74 Å². The van der Waals surface area contributed by atoms with Crippen LogP contribution in [-0.2, 0) is 6.61 Å². The van der Waals surface area contributed by atoms with Gasteiger partial charge in [-0.2, -0.15) is 5.21 Å². The molecule has 0 amide bonds. The maximum Gasteiger partial charge on any atom is 0.204 e. The molecule has 4 rings (SSSR count). The number of benzene rings is 3. The molecular weight excluding hydrogens is 312 g/mol. The summed E-state index contributed by atoms with van der Waals surface area (Å²) in [7, 11) is 0. The van der Waals surface area contributed by atoms with Gasteiger partial charge in [0.15, 0.2) is 0 Å². The van der Waals surface area contributed by atoms with E-state index in [1.54, 1.807) is 0 Å². The fourth-order valence-corrected chi connectivity index (χ4v) is 2.58. The Kier molecular flexibility index (Phi) is 4.20. The Bertz CT molecular complexity index is 918. The standard InChI is InChI=1S/C20H16N4O/c1-2-4-16(5-3-1)17-10-12-19(13-11-17)25-14-15-6-8-18(9-7-15)20-21-23-24-22-20/h1-13H,14H2,(H,21,22,23,24). The number of hydrogen-bond acceptors (Lipinski definition) is 4. The Hall–Kier alpha value is -3.47. The minimum atomic E-state index is 0.511. The second-order valence-electron chi connectivity index (χ2n) is 5.61. The van der Waals surface area contributed by atoms with E-state index in [1.807, 2.05) is 54.6 Å². The van der Waals surface area contributed by atoms with Gasteiger partial charge in [-0.05, 0) is 34.0 Å².